The molecule has 1 saturated heterocycles. The number of nitrogens with zero attached hydrogens (tertiary/aromatic N) is 6. The monoisotopic (exact) mass is 1950 g/mol. The van der Waals surface area contributed by atoms with E-state index in [4.69, 9.17) is 51.0 Å². The number of anilines is 2. The summed E-state index contributed by atoms with van der Waals surface area (Å²) in [5.74, 6) is -1.28. The van der Waals surface area contributed by atoms with E-state index < -0.39 is 22.6 Å². The summed E-state index contributed by atoms with van der Waals surface area (Å²) in [5.41, 5.74) is 19.9. The summed E-state index contributed by atoms with van der Waals surface area (Å²) in [4.78, 5) is 114. The molecule has 6 aromatic heterocycles. The number of H-pyrrole nitrogens is 2. The molecular weight excluding hydrogens is 1900 g/mol. The topological polar surface area (TPSA) is 329 Å². The van der Waals surface area contributed by atoms with E-state index >= 15 is 0 Å². The number of nitrogen functional groups attached to an aromatic ring is 2. The van der Waals surface area contributed by atoms with Crippen LogP contribution in [0.3, 0.4) is 0 Å². The molecule has 0 saturated carbocycles. The molecule has 0 atom stereocenters. The van der Waals surface area contributed by atoms with Gasteiger partial charge in [0.05, 0.1) is 58.6 Å². The van der Waals surface area contributed by atoms with Crippen molar-refractivity contribution in [2.75, 3.05) is 37.8 Å². The molecule has 15 rings (SSSR count). The van der Waals surface area contributed by atoms with Gasteiger partial charge in [-0.2, -0.15) is 24.3 Å². The number of morpholine rings is 1. The number of aromatic nitrogens is 6. The number of fused-ring (bicyclic) bond motifs is 2. The molecule has 528 valence electrons. The zero-order chi connectivity index (χ0) is 73.2. The van der Waals surface area contributed by atoms with Crippen molar-refractivity contribution in [3.63, 3.8) is 0 Å². The smallest absolute Gasteiger partial charge is 0.293 e. The first-order valence-electron chi connectivity index (χ1n) is 31.2. The number of rotatable bonds is 12. The fraction of sp³-hybridized carbons (Fsp3) is 0.122. The van der Waals surface area contributed by atoms with Crippen molar-refractivity contribution in [3.8, 4) is 0 Å². The second-order valence-corrected chi connectivity index (χ2v) is 28.3. The van der Waals surface area contributed by atoms with E-state index in [1.807, 2.05) is 83.3 Å². The number of hydrogen-bond donors (Lipinski definition) is 7. The first-order valence-corrected chi connectivity index (χ1v) is 35.6. The number of imidazole rings is 2. The molecule has 3 amide bonds. The number of hydrogen-bond acceptors (Lipinski definition) is 15. The van der Waals surface area contributed by atoms with Gasteiger partial charge in [0, 0.05) is 174 Å². The van der Waals surface area contributed by atoms with Crippen LogP contribution in [-0.2, 0) is 96.3 Å². The first kappa shape index (κ1) is 81.6. The van der Waals surface area contributed by atoms with Crippen LogP contribution in [0.4, 0.5) is 17.1 Å². The van der Waals surface area contributed by atoms with E-state index in [2.05, 4.69) is 98.1 Å². The summed E-state index contributed by atoms with van der Waals surface area (Å²) >= 11 is 23.8. The second kappa shape index (κ2) is 37.4. The maximum atomic E-state index is 13.2. The number of benzene rings is 8. The predicted molar refractivity (Wildman–Crippen MR) is 426 cm³/mol. The van der Waals surface area contributed by atoms with Crippen LogP contribution in [0.15, 0.2) is 196 Å². The number of pyridine rings is 4. The number of nitrogens with one attached hydrogen (secondary N) is 5. The Balaban J connectivity index is 0.000000158. The van der Waals surface area contributed by atoms with Gasteiger partial charge in [-0.15, -0.1) is 34.7 Å². The van der Waals surface area contributed by atoms with Gasteiger partial charge in [0.2, 0.25) is 10.9 Å². The second-order valence-electron chi connectivity index (χ2n) is 23.3. The van der Waals surface area contributed by atoms with Crippen molar-refractivity contribution in [2.24, 2.45) is 0 Å². The molecule has 2 radical (unpaired) electrons. The zero-order valence-electron chi connectivity index (χ0n) is 55.2. The van der Waals surface area contributed by atoms with Crippen LogP contribution in [0.5, 0.6) is 0 Å². The number of nitro groups is 1. The average Bonchev–Trinajstić information content (AvgIpc) is 1.67. The molecule has 7 heterocycles. The Morgan fingerprint density at radius 3 is 1.64 bits per heavy atom. The van der Waals surface area contributed by atoms with E-state index in [1.54, 1.807) is 108 Å². The van der Waals surface area contributed by atoms with Crippen LogP contribution < -0.4 is 49.1 Å². The Bertz CT molecular complexity index is 5770. The van der Waals surface area contributed by atoms with E-state index in [1.165, 1.54) is 24.5 Å². The van der Waals surface area contributed by atoms with Crippen LogP contribution in [0, 0.1) is 39.9 Å². The SMILES string of the molecule is Cc1c[nH]c2[c-]cc(I)cc2c1=O.Nc1cc(I)cc2c(=O)c(C(=O)NCc3ccc(Cl)cc3)c[nH]c12.Nc1ccc(I)cc1[N+](=O)[O-].O=C(NCc1ccc(Cl)cc1)c1cn2cnc3c[c-]cc(c1=O)c32.O=C(NCc1ccc(Cl)cc1)c1cn2cnc3cc(CN4CCOCC4)cc(c1=O)c32.[Y].[Y]. The van der Waals surface area contributed by atoms with Gasteiger partial charge >= 0.3 is 0 Å². The summed E-state index contributed by atoms with van der Waals surface area (Å²) in [6.45, 7) is 6.58. The van der Waals surface area contributed by atoms with Crippen LogP contribution in [0.25, 0.3) is 54.6 Å². The Labute approximate surface area is 703 Å². The van der Waals surface area contributed by atoms with Gasteiger partial charge in [-0.1, -0.05) is 91.1 Å². The van der Waals surface area contributed by atoms with E-state index in [0.717, 1.165) is 68.2 Å². The largest absolute Gasteiger partial charge is 0.397 e. The first-order chi connectivity index (χ1) is 49.5. The summed E-state index contributed by atoms with van der Waals surface area (Å²) in [6, 6.07) is 46.5. The van der Waals surface area contributed by atoms with Crippen molar-refractivity contribution in [2.45, 2.75) is 33.1 Å². The number of halogens is 6. The molecule has 0 spiro atoms. The Hall–Kier alpha value is -7.46. The number of carbonyl (C=O) groups is 3. The molecule has 8 aromatic carbocycles. The molecule has 0 unspecified atom stereocenters. The number of ether oxygens (including phenoxy) is 1. The van der Waals surface area contributed by atoms with Gasteiger partial charge in [0.15, 0.2) is 0 Å². The number of amides is 3. The molecule has 9 N–H and O–H groups in total. The Morgan fingerprint density at radius 2 is 1.09 bits per heavy atom. The van der Waals surface area contributed by atoms with Gasteiger partial charge in [-0.05, 0) is 158 Å². The zero-order valence-corrected chi connectivity index (χ0v) is 69.7. The van der Waals surface area contributed by atoms with Gasteiger partial charge in [-0.25, -0.2) is 4.98 Å². The quantitative estimate of drug-likeness (QED) is 0.0196. The van der Waals surface area contributed by atoms with Gasteiger partial charge in [0.25, 0.3) is 23.4 Å². The van der Waals surface area contributed by atoms with Gasteiger partial charge in [-0.3, -0.25) is 39.0 Å². The van der Waals surface area contributed by atoms with E-state index in [9.17, 15) is 43.7 Å². The number of nitro benzene ring substituents is 1. The van der Waals surface area contributed by atoms with Gasteiger partial charge < -0.3 is 65.5 Å². The normalized spacial score (nSPS) is 11.8. The Morgan fingerprint density at radius 1 is 0.571 bits per heavy atom. The third kappa shape index (κ3) is 20.4. The van der Waals surface area contributed by atoms with Crippen molar-refractivity contribution >= 4 is 192 Å². The number of aromatic amines is 2. The molecule has 1 aliphatic heterocycles. The van der Waals surface area contributed by atoms with E-state index in [-0.39, 0.29) is 115 Å². The van der Waals surface area contributed by atoms with Crippen molar-refractivity contribution < 1.29 is 89.5 Å². The summed E-state index contributed by atoms with van der Waals surface area (Å²) in [6.07, 6.45) is 9.41. The third-order valence-electron chi connectivity index (χ3n) is 16.2. The van der Waals surface area contributed by atoms with Crippen LogP contribution in [0.1, 0.15) is 58.9 Å². The summed E-state index contributed by atoms with van der Waals surface area (Å²) in [5, 5.41) is 22.6. The molecule has 23 nitrogen and oxygen atoms in total. The minimum atomic E-state index is -0.489. The summed E-state index contributed by atoms with van der Waals surface area (Å²) in [7, 11) is 0. The number of carbonyl (C=O) groups excluding carboxylic acids is 3. The third-order valence-corrected chi connectivity index (χ3v) is 18.9. The number of nitrogens with two attached hydrogens (primary N) is 2. The van der Waals surface area contributed by atoms with Crippen molar-refractivity contribution in [1.29, 1.82) is 0 Å². The maximum Gasteiger partial charge on any atom is 0.293 e. The molecule has 1 aliphatic rings. The number of aryl methyl sites for hydroxylation is 1. The van der Waals surface area contributed by atoms with Gasteiger partial charge in [0.1, 0.15) is 27.7 Å². The molecular formula is C74H57Cl3I3N13O10Y2-2. The van der Waals surface area contributed by atoms with Crippen LogP contribution in [-0.4, -0.2) is 82.6 Å². The molecule has 1 fully saturated rings. The Kier molecular flexibility index (Phi) is 29.1. The minimum Gasteiger partial charge on any atom is -0.397 e. The average molecular weight is 1950 g/mol. The van der Waals surface area contributed by atoms with Crippen LogP contribution >= 0.6 is 103 Å². The van der Waals surface area contributed by atoms with Crippen LogP contribution in [0.2, 0.25) is 15.1 Å². The summed E-state index contributed by atoms with van der Waals surface area (Å²) < 4.78 is 11.5. The predicted octanol–water partition coefficient (Wildman–Crippen LogP) is 12.7. The van der Waals surface area contributed by atoms with E-state index in [0.29, 0.717) is 98.2 Å². The molecule has 14 aromatic rings. The molecule has 0 bridgehead atoms. The van der Waals surface area contributed by atoms with Crippen molar-refractivity contribution in [1.82, 2.24) is 49.6 Å². The molecule has 31 heteroatoms. The minimum absolute atomic E-state index is 0. The fourth-order valence-electron chi connectivity index (χ4n) is 11.0. The molecule has 105 heavy (non-hydrogen) atoms. The fourth-order valence-corrected chi connectivity index (χ4v) is 12.9. The van der Waals surface area contributed by atoms with Crippen molar-refractivity contribution in [3.05, 3.63) is 310 Å². The standard InChI is InChI=1S/C23H21ClN4O3.C18H11ClN3O2.C17H13ClIN3O2.C10H7INO.C6H5IN2O2.2Y/c24-17-3-1-15(2-4-17)11-25-23(30)19-13-28-14-26-20-10-16(9-18(21(20)28)22(19)29)12-27-5-7-31-8-6-27;19-12-6-4-11(5-7-12)8-20-18(24)14-9-22-10-21-15-3-1-2-13(16(15)22)17(14)23;18-10-3-1-9(2-4-10)7-22-17(24)13-8-21-15-12(16(13)23)5-11(19)6-14(15)20;1-6-5-12-9-3-2-7(11)4-8(9)10(6)13;7-4-1-2-5(8)6(3-4)9(10)11;;/h1-4,9-10,13-14H,5-8,11-12H2,(H,25,30);2-7,9-10H,8H2,(H,20,24);1-6,8H,7,20H2,(H,21,23)(H,22,24);2,4-5H,1H3,(H,12,13);1-3H,8H2;;/q;-1;;-1;;;. The maximum absolute atomic E-state index is 13.2. The molecule has 0 aliphatic carbocycles.